The van der Waals surface area contributed by atoms with E-state index in [2.05, 4.69) is 21.2 Å². The van der Waals surface area contributed by atoms with Crippen LogP contribution in [0.15, 0.2) is 65.1 Å². The Hall–Kier alpha value is -3.11. The van der Waals surface area contributed by atoms with E-state index in [4.69, 9.17) is 9.47 Å². The number of methoxy groups -OCH3 is 2. The van der Waals surface area contributed by atoms with Crippen molar-refractivity contribution in [2.24, 2.45) is 0 Å². The summed E-state index contributed by atoms with van der Waals surface area (Å²) in [5.41, 5.74) is 1.07. The molecule has 0 saturated carbocycles. The van der Waals surface area contributed by atoms with Gasteiger partial charge in [-0.05, 0) is 36.8 Å². The number of amides is 1. The number of nitrogens with one attached hydrogen (secondary N) is 1. The standard InChI is InChI=1S/C25H26BrFN2O5S/c1-16(17-9-7-10-19(26)12-17)28-25(30)20-13-23(33-2)24(34-3)14-22(20)29(35(4,31)32)15-18-8-5-6-11-21(18)27/h5-14,16H,15H2,1-4H3,(H,28,30)/t16-/m0/s1. The van der Waals surface area contributed by atoms with Crippen LogP contribution in [0.1, 0.15) is 34.5 Å². The van der Waals surface area contributed by atoms with E-state index in [0.29, 0.717) is 0 Å². The average Bonchev–Trinajstić information content (AvgIpc) is 2.81. The highest BCUT2D eigenvalue weighted by Crippen LogP contribution is 2.37. The number of ether oxygens (including phenoxy) is 2. The molecule has 3 aromatic carbocycles. The van der Waals surface area contributed by atoms with Crippen molar-refractivity contribution < 1.29 is 27.1 Å². The molecular formula is C25H26BrFN2O5S. The lowest BCUT2D eigenvalue weighted by atomic mass is 10.1. The van der Waals surface area contributed by atoms with Crippen molar-refractivity contribution in [1.29, 1.82) is 0 Å². The molecule has 0 aliphatic rings. The SMILES string of the molecule is COc1cc(C(=O)N[C@@H](C)c2cccc(Br)c2)c(N(Cc2ccccc2F)S(C)(=O)=O)cc1OC. The van der Waals surface area contributed by atoms with E-state index >= 15 is 0 Å². The van der Waals surface area contributed by atoms with Crippen molar-refractivity contribution in [3.05, 3.63) is 87.6 Å². The molecule has 3 rings (SSSR count). The summed E-state index contributed by atoms with van der Waals surface area (Å²) < 4.78 is 52.7. The van der Waals surface area contributed by atoms with E-state index in [9.17, 15) is 17.6 Å². The molecule has 0 saturated heterocycles. The molecule has 7 nitrogen and oxygen atoms in total. The number of halogens is 2. The van der Waals surface area contributed by atoms with Gasteiger partial charge in [-0.1, -0.05) is 46.3 Å². The van der Waals surface area contributed by atoms with Crippen LogP contribution >= 0.6 is 15.9 Å². The molecule has 0 aliphatic carbocycles. The van der Waals surface area contributed by atoms with Crippen LogP contribution < -0.4 is 19.1 Å². The number of hydrogen-bond donors (Lipinski definition) is 1. The van der Waals surface area contributed by atoms with Gasteiger partial charge in [-0.15, -0.1) is 0 Å². The van der Waals surface area contributed by atoms with E-state index in [1.807, 2.05) is 31.2 Å². The number of hydrogen-bond acceptors (Lipinski definition) is 5. The van der Waals surface area contributed by atoms with Gasteiger partial charge < -0.3 is 14.8 Å². The van der Waals surface area contributed by atoms with Crippen LogP contribution in [0.2, 0.25) is 0 Å². The van der Waals surface area contributed by atoms with Gasteiger partial charge in [0, 0.05) is 16.1 Å². The first kappa shape index (κ1) is 26.5. The van der Waals surface area contributed by atoms with Gasteiger partial charge in [-0.3, -0.25) is 9.10 Å². The highest BCUT2D eigenvalue weighted by Gasteiger charge is 2.28. The molecule has 0 aliphatic heterocycles. The maximum absolute atomic E-state index is 14.4. The molecule has 1 N–H and O–H groups in total. The number of sulfonamides is 1. The highest BCUT2D eigenvalue weighted by atomic mass is 79.9. The molecule has 0 fully saturated rings. The molecule has 3 aromatic rings. The molecule has 0 radical (unpaired) electrons. The first-order valence-electron chi connectivity index (χ1n) is 10.6. The zero-order chi connectivity index (χ0) is 25.8. The number of rotatable bonds is 9. The Morgan fingerprint density at radius 1 is 1.06 bits per heavy atom. The van der Waals surface area contributed by atoms with Crippen LogP contribution in [0.4, 0.5) is 10.1 Å². The minimum Gasteiger partial charge on any atom is -0.493 e. The molecule has 1 amide bonds. The van der Waals surface area contributed by atoms with Gasteiger partial charge in [0.25, 0.3) is 5.91 Å². The first-order chi connectivity index (χ1) is 16.5. The fraction of sp³-hybridized carbons (Fsp3) is 0.240. The van der Waals surface area contributed by atoms with Gasteiger partial charge in [-0.25, -0.2) is 12.8 Å². The Balaban J connectivity index is 2.11. The highest BCUT2D eigenvalue weighted by molar-refractivity contribution is 9.10. The topological polar surface area (TPSA) is 84.9 Å². The smallest absolute Gasteiger partial charge is 0.254 e. The van der Waals surface area contributed by atoms with Gasteiger partial charge in [0.2, 0.25) is 10.0 Å². The molecular weight excluding hydrogens is 539 g/mol. The molecule has 0 heterocycles. The minimum atomic E-state index is -3.94. The normalized spacial score (nSPS) is 12.1. The third kappa shape index (κ3) is 6.32. The van der Waals surface area contributed by atoms with Crippen molar-refractivity contribution in [2.75, 3.05) is 24.8 Å². The summed E-state index contributed by atoms with van der Waals surface area (Å²) in [5.74, 6) is -0.622. The molecule has 0 aromatic heterocycles. The maximum atomic E-state index is 14.4. The molecule has 35 heavy (non-hydrogen) atoms. The summed E-state index contributed by atoms with van der Waals surface area (Å²) in [6.07, 6.45) is 0.996. The van der Waals surface area contributed by atoms with Gasteiger partial charge in [-0.2, -0.15) is 0 Å². The summed E-state index contributed by atoms with van der Waals surface area (Å²) in [6, 6.07) is 15.8. The molecule has 0 bridgehead atoms. The summed E-state index contributed by atoms with van der Waals surface area (Å²) in [4.78, 5) is 13.4. The monoisotopic (exact) mass is 564 g/mol. The third-order valence-corrected chi connectivity index (χ3v) is 7.00. The van der Waals surface area contributed by atoms with E-state index in [1.54, 1.807) is 6.07 Å². The zero-order valence-electron chi connectivity index (χ0n) is 19.7. The summed E-state index contributed by atoms with van der Waals surface area (Å²) in [5, 5.41) is 2.90. The van der Waals surface area contributed by atoms with E-state index in [1.165, 1.54) is 44.6 Å². The molecule has 1 atom stereocenters. The lowest BCUT2D eigenvalue weighted by Crippen LogP contribution is -2.33. The van der Waals surface area contributed by atoms with Crippen LogP contribution in [0.25, 0.3) is 0 Å². The fourth-order valence-electron chi connectivity index (χ4n) is 3.55. The van der Waals surface area contributed by atoms with Crippen LogP contribution in [0.5, 0.6) is 11.5 Å². The van der Waals surface area contributed by atoms with Crippen LogP contribution in [-0.4, -0.2) is 34.8 Å². The van der Waals surface area contributed by atoms with E-state index in [-0.39, 0.29) is 40.9 Å². The predicted octanol–water partition coefficient (Wildman–Crippen LogP) is 5.06. The summed E-state index contributed by atoms with van der Waals surface area (Å²) in [7, 11) is -1.12. The quantitative estimate of drug-likeness (QED) is 0.392. The Morgan fingerprint density at radius 3 is 2.31 bits per heavy atom. The second-order valence-electron chi connectivity index (χ2n) is 7.84. The number of benzene rings is 3. The largest absolute Gasteiger partial charge is 0.493 e. The second kappa shape index (κ2) is 11.1. The minimum absolute atomic E-state index is 0.0336. The number of nitrogens with zero attached hydrogens (tertiary/aromatic N) is 1. The third-order valence-electron chi connectivity index (χ3n) is 5.38. The van der Waals surface area contributed by atoms with Crippen molar-refractivity contribution in [1.82, 2.24) is 5.32 Å². The Morgan fingerprint density at radius 2 is 1.71 bits per heavy atom. The van der Waals surface area contributed by atoms with Crippen LogP contribution in [0.3, 0.4) is 0 Å². The van der Waals surface area contributed by atoms with Crippen molar-refractivity contribution in [3.8, 4) is 11.5 Å². The lowest BCUT2D eigenvalue weighted by molar-refractivity contribution is 0.0940. The number of carbonyl (C=O) groups excluding carboxylic acids is 1. The fourth-order valence-corrected chi connectivity index (χ4v) is 4.85. The predicted molar refractivity (Wildman–Crippen MR) is 137 cm³/mol. The molecule has 186 valence electrons. The van der Waals surface area contributed by atoms with Gasteiger partial charge in [0.05, 0.1) is 44.3 Å². The Labute approximate surface area is 213 Å². The number of carbonyl (C=O) groups is 1. The second-order valence-corrected chi connectivity index (χ2v) is 10.7. The zero-order valence-corrected chi connectivity index (χ0v) is 22.1. The molecule has 0 spiro atoms. The lowest BCUT2D eigenvalue weighted by Gasteiger charge is -2.26. The van der Waals surface area contributed by atoms with Gasteiger partial charge in [0.1, 0.15) is 5.82 Å². The van der Waals surface area contributed by atoms with Crippen molar-refractivity contribution >= 4 is 37.5 Å². The van der Waals surface area contributed by atoms with Crippen LogP contribution in [0, 0.1) is 5.82 Å². The van der Waals surface area contributed by atoms with E-state index < -0.39 is 21.7 Å². The molecule has 0 unspecified atom stereocenters. The number of anilines is 1. The molecule has 10 heteroatoms. The summed E-state index contributed by atoms with van der Waals surface area (Å²) >= 11 is 3.42. The summed E-state index contributed by atoms with van der Waals surface area (Å²) in [6.45, 7) is 1.50. The van der Waals surface area contributed by atoms with E-state index in [0.717, 1.165) is 20.6 Å². The van der Waals surface area contributed by atoms with Crippen LogP contribution in [-0.2, 0) is 16.6 Å². The average molecular weight is 565 g/mol. The van der Waals surface area contributed by atoms with Crippen molar-refractivity contribution in [3.63, 3.8) is 0 Å². The Kier molecular flexibility index (Phi) is 8.39. The van der Waals surface area contributed by atoms with Gasteiger partial charge >= 0.3 is 0 Å². The maximum Gasteiger partial charge on any atom is 0.254 e. The Bertz CT molecular complexity index is 1330. The van der Waals surface area contributed by atoms with Crippen molar-refractivity contribution in [2.45, 2.75) is 19.5 Å². The first-order valence-corrected chi connectivity index (χ1v) is 13.2. The van der Waals surface area contributed by atoms with Gasteiger partial charge in [0.15, 0.2) is 11.5 Å².